The smallest absolute Gasteiger partial charge is 0.227 e. The van der Waals surface area contributed by atoms with Gasteiger partial charge >= 0.3 is 0 Å². The lowest BCUT2D eigenvalue weighted by atomic mass is 9.85. The summed E-state index contributed by atoms with van der Waals surface area (Å²) in [6.07, 6.45) is 4.03. The van der Waals surface area contributed by atoms with Crippen LogP contribution in [0.4, 0.5) is 0 Å². The monoisotopic (exact) mass is 278 g/mol. The summed E-state index contributed by atoms with van der Waals surface area (Å²) < 4.78 is 10.8. The normalized spacial score (nSPS) is 26.4. The Bertz CT molecular complexity index is 264. The van der Waals surface area contributed by atoms with Crippen molar-refractivity contribution in [3.8, 4) is 0 Å². The van der Waals surface area contributed by atoms with Crippen molar-refractivity contribution in [1.29, 1.82) is 0 Å². The van der Waals surface area contributed by atoms with Crippen LogP contribution < -0.4 is 11.1 Å². The van der Waals surface area contributed by atoms with Crippen LogP contribution in [-0.4, -0.2) is 44.9 Å². The van der Waals surface area contributed by atoms with E-state index >= 15 is 0 Å². The van der Waals surface area contributed by atoms with E-state index < -0.39 is 0 Å². The first-order valence-electron chi connectivity index (χ1n) is 6.44. The summed E-state index contributed by atoms with van der Waals surface area (Å²) in [5.74, 6) is 0.0895. The predicted octanol–water partition coefficient (Wildman–Crippen LogP) is 0.459. The molecule has 1 unspecified atom stereocenters. The summed E-state index contributed by atoms with van der Waals surface area (Å²) in [6, 6.07) is 0. The summed E-state index contributed by atoms with van der Waals surface area (Å²) in [6.45, 7) is 2.80. The van der Waals surface area contributed by atoms with Crippen molar-refractivity contribution < 1.29 is 14.3 Å². The Hall–Kier alpha value is -0.360. The van der Waals surface area contributed by atoms with Crippen molar-refractivity contribution in [1.82, 2.24) is 5.32 Å². The number of nitrogens with one attached hydrogen (secondary N) is 1. The number of hydrogen-bond donors (Lipinski definition) is 2. The Labute approximate surface area is 114 Å². The fourth-order valence-electron chi connectivity index (χ4n) is 2.62. The molecule has 1 aliphatic carbocycles. The van der Waals surface area contributed by atoms with Crippen LogP contribution in [0.25, 0.3) is 0 Å². The molecule has 0 bridgehead atoms. The standard InChI is InChI=1S/C12H22N2O3.ClH/c13-9-12(3-1-2-4-12)11(15)14-7-10-8-16-5-6-17-10;/h10H,1-9,13H2,(H,14,15);1H. The van der Waals surface area contributed by atoms with Gasteiger partial charge in [0.1, 0.15) is 0 Å². The van der Waals surface area contributed by atoms with Gasteiger partial charge in [0, 0.05) is 13.1 Å². The van der Waals surface area contributed by atoms with Crippen molar-refractivity contribution in [2.24, 2.45) is 11.1 Å². The van der Waals surface area contributed by atoms with Crippen molar-refractivity contribution in [3.63, 3.8) is 0 Å². The van der Waals surface area contributed by atoms with Crippen molar-refractivity contribution in [3.05, 3.63) is 0 Å². The maximum absolute atomic E-state index is 12.2. The summed E-state index contributed by atoms with van der Waals surface area (Å²) in [4.78, 5) is 12.2. The zero-order chi connectivity index (χ0) is 12.1. The fourth-order valence-corrected chi connectivity index (χ4v) is 2.62. The van der Waals surface area contributed by atoms with E-state index in [4.69, 9.17) is 15.2 Å². The van der Waals surface area contributed by atoms with Gasteiger partial charge in [-0.25, -0.2) is 0 Å². The Morgan fingerprint density at radius 1 is 1.33 bits per heavy atom. The molecule has 0 radical (unpaired) electrons. The van der Waals surface area contributed by atoms with Crippen LogP contribution in [0.15, 0.2) is 0 Å². The maximum Gasteiger partial charge on any atom is 0.227 e. The molecule has 1 heterocycles. The van der Waals surface area contributed by atoms with E-state index in [0.717, 1.165) is 25.7 Å². The highest BCUT2D eigenvalue weighted by atomic mass is 35.5. The van der Waals surface area contributed by atoms with Gasteiger partial charge in [0.25, 0.3) is 0 Å². The second kappa shape index (κ2) is 7.28. The minimum atomic E-state index is -0.324. The molecule has 6 heteroatoms. The van der Waals surface area contributed by atoms with Gasteiger partial charge in [-0.2, -0.15) is 0 Å². The number of carbonyl (C=O) groups is 1. The van der Waals surface area contributed by atoms with Gasteiger partial charge < -0.3 is 20.5 Å². The lowest BCUT2D eigenvalue weighted by Crippen LogP contribution is -2.48. The number of rotatable bonds is 4. The predicted molar refractivity (Wildman–Crippen MR) is 70.8 cm³/mol. The van der Waals surface area contributed by atoms with E-state index in [1.807, 2.05) is 0 Å². The molecular formula is C12H23ClN2O3. The van der Waals surface area contributed by atoms with Gasteiger partial charge in [0.2, 0.25) is 5.91 Å². The molecule has 18 heavy (non-hydrogen) atoms. The zero-order valence-electron chi connectivity index (χ0n) is 10.7. The topological polar surface area (TPSA) is 73.6 Å². The third-order valence-electron chi connectivity index (χ3n) is 3.81. The van der Waals surface area contributed by atoms with Gasteiger partial charge in [0.05, 0.1) is 31.3 Å². The third-order valence-corrected chi connectivity index (χ3v) is 3.81. The van der Waals surface area contributed by atoms with Crippen molar-refractivity contribution >= 4 is 18.3 Å². The van der Waals surface area contributed by atoms with Crippen LogP contribution in [0.2, 0.25) is 0 Å². The van der Waals surface area contributed by atoms with Crippen LogP contribution in [0.5, 0.6) is 0 Å². The molecular weight excluding hydrogens is 256 g/mol. The molecule has 1 saturated heterocycles. The first kappa shape index (κ1) is 15.7. The SMILES string of the molecule is Cl.NCC1(C(=O)NCC2COCCO2)CCCC1. The molecule has 5 nitrogen and oxygen atoms in total. The summed E-state index contributed by atoms with van der Waals surface area (Å²) in [5.41, 5.74) is 5.44. The van der Waals surface area contributed by atoms with Crippen molar-refractivity contribution in [2.75, 3.05) is 32.9 Å². The summed E-state index contributed by atoms with van der Waals surface area (Å²) in [7, 11) is 0. The number of carbonyl (C=O) groups excluding carboxylic acids is 1. The van der Waals surface area contributed by atoms with E-state index in [0.29, 0.717) is 32.9 Å². The Morgan fingerprint density at radius 3 is 2.61 bits per heavy atom. The molecule has 0 aromatic carbocycles. The van der Waals surface area contributed by atoms with Crippen LogP contribution in [0.1, 0.15) is 25.7 Å². The molecule has 1 amide bonds. The number of amides is 1. The highest BCUT2D eigenvalue weighted by Crippen LogP contribution is 2.37. The van der Waals surface area contributed by atoms with Crippen LogP contribution >= 0.6 is 12.4 Å². The first-order chi connectivity index (χ1) is 8.27. The molecule has 3 N–H and O–H groups in total. The number of nitrogens with two attached hydrogens (primary N) is 1. The van der Waals surface area contributed by atoms with Gasteiger partial charge in [-0.3, -0.25) is 4.79 Å². The van der Waals surface area contributed by atoms with E-state index in [-0.39, 0.29) is 29.8 Å². The van der Waals surface area contributed by atoms with Gasteiger partial charge in [-0.1, -0.05) is 12.8 Å². The van der Waals surface area contributed by atoms with E-state index in [1.54, 1.807) is 0 Å². The Kier molecular flexibility index (Phi) is 6.35. The summed E-state index contributed by atoms with van der Waals surface area (Å²) >= 11 is 0. The lowest BCUT2D eigenvalue weighted by Gasteiger charge is -2.28. The van der Waals surface area contributed by atoms with Crippen LogP contribution in [0, 0.1) is 5.41 Å². The Balaban J connectivity index is 0.00000162. The summed E-state index contributed by atoms with van der Waals surface area (Å²) in [5, 5.41) is 2.96. The minimum Gasteiger partial charge on any atom is -0.376 e. The number of hydrogen-bond acceptors (Lipinski definition) is 4. The van der Waals surface area contributed by atoms with Crippen LogP contribution in [0.3, 0.4) is 0 Å². The minimum absolute atomic E-state index is 0. The third kappa shape index (κ3) is 3.57. The first-order valence-corrected chi connectivity index (χ1v) is 6.44. The van der Waals surface area contributed by atoms with Gasteiger partial charge in [0.15, 0.2) is 0 Å². The molecule has 2 fully saturated rings. The average Bonchev–Trinajstić information content (AvgIpc) is 2.87. The maximum atomic E-state index is 12.2. The van der Waals surface area contributed by atoms with Gasteiger partial charge in [-0.15, -0.1) is 12.4 Å². The largest absolute Gasteiger partial charge is 0.376 e. The van der Waals surface area contributed by atoms with E-state index in [1.165, 1.54) is 0 Å². The second-order valence-electron chi connectivity index (χ2n) is 4.97. The highest BCUT2D eigenvalue weighted by molar-refractivity contribution is 5.85. The van der Waals surface area contributed by atoms with Crippen molar-refractivity contribution in [2.45, 2.75) is 31.8 Å². The number of halogens is 1. The Morgan fingerprint density at radius 2 is 2.06 bits per heavy atom. The highest BCUT2D eigenvalue weighted by Gasteiger charge is 2.39. The quantitative estimate of drug-likeness (QED) is 0.784. The molecule has 0 spiro atoms. The molecule has 1 saturated carbocycles. The average molecular weight is 279 g/mol. The molecule has 1 atom stereocenters. The van der Waals surface area contributed by atoms with Gasteiger partial charge in [-0.05, 0) is 12.8 Å². The molecule has 2 aliphatic rings. The van der Waals surface area contributed by atoms with E-state index in [9.17, 15) is 4.79 Å². The number of ether oxygens (including phenoxy) is 2. The lowest BCUT2D eigenvalue weighted by molar-refractivity contribution is -0.132. The molecule has 2 rings (SSSR count). The second-order valence-corrected chi connectivity index (χ2v) is 4.97. The molecule has 1 aliphatic heterocycles. The van der Waals surface area contributed by atoms with Crippen LogP contribution in [-0.2, 0) is 14.3 Å². The van der Waals surface area contributed by atoms with E-state index in [2.05, 4.69) is 5.32 Å². The molecule has 0 aromatic heterocycles. The molecule has 106 valence electrons. The zero-order valence-corrected chi connectivity index (χ0v) is 11.5. The fraction of sp³-hybridized carbons (Fsp3) is 0.917. The molecule has 0 aromatic rings.